The maximum atomic E-state index is 12.3. The Morgan fingerprint density at radius 1 is 1.08 bits per heavy atom. The van der Waals surface area contributed by atoms with Crippen LogP contribution >= 0.6 is 0 Å². The Balaban J connectivity index is 1.96. The summed E-state index contributed by atoms with van der Waals surface area (Å²) in [6.07, 6.45) is -0.246. The predicted molar refractivity (Wildman–Crippen MR) is 94.5 cm³/mol. The van der Waals surface area contributed by atoms with Crippen molar-refractivity contribution in [2.75, 3.05) is 7.11 Å². The maximum Gasteiger partial charge on any atom is 0.279 e. The van der Waals surface area contributed by atoms with Crippen molar-refractivity contribution in [2.45, 2.75) is 26.4 Å². The van der Waals surface area contributed by atoms with E-state index in [-0.39, 0.29) is 0 Å². The summed E-state index contributed by atoms with van der Waals surface area (Å²) in [6.45, 7) is 3.78. The SMILES string of the molecule is CCC(Oc1cccc(C)c1)C(=O)NNC(=O)c1ccccc1OC. The van der Waals surface area contributed by atoms with Gasteiger partial charge in [-0.3, -0.25) is 20.4 Å². The molecule has 132 valence electrons. The molecule has 2 rings (SSSR count). The van der Waals surface area contributed by atoms with Gasteiger partial charge >= 0.3 is 0 Å². The number of ether oxygens (including phenoxy) is 2. The van der Waals surface area contributed by atoms with Crippen LogP contribution in [0.1, 0.15) is 29.3 Å². The number of hydrazine groups is 1. The van der Waals surface area contributed by atoms with Crippen molar-refractivity contribution in [2.24, 2.45) is 0 Å². The van der Waals surface area contributed by atoms with Crippen molar-refractivity contribution in [3.63, 3.8) is 0 Å². The summed E-state index contributed by atoms with van der Waals surface area (Å²) in [5, 5.41) is 0. The molecule has 1 atom stereocenters. The summed E-state index contributed by atoms with van der Waals surface area (Å²) < 4.78 is 10.8. The van der Waals surface area contributed by atoms with Crippen LogP contribution < -0.4 is 20.3 Å². The highest BCUT2D eigenvalue weighted by molar-refractivity contribution is 5.98. The Morgan fingerprint density at radius 3 is 2.52 bits per heavy atom. The molecule has 1 unspecified atom stereocenters. The zero-order valence-corrected chi connectivity index (χ0v) is 14.5. The number of hydrogen-bond acceptors (Lipinski definition) is 4. The highest BCUT2D eigenvalue weighted by Gasteiger charge is 2.20. The van der Waals surface area contributed by atoms with Gasteiger partial charge in [0.1, 0.15) is 11.5 Å². The molecule has 0 spiro atoms. The maximum absolute atomic E-state index is 12.3. The van der Waals surface area contributed by atoms with Gasteiger partial charge in [0.15, 0.2) is 6.10 Å². The van der Waals surface area contributed by atoms with E-state index in [9.17, 15) is 9.59 Å². The van der Waals surface area contributed by atoms with Crippen LogP contribution in [0.5, 0.6) is 11.5 Å². The lowest BCUT2D eigenvalue weighted by Crippen LogP contribution is -2.48. The molecule has 0 heterocycles. The number of carbonyl (C=O) groups excluding carboxylic acids is 2. The van der Waals surface area contributed by atoms with Crippen LogP contribution in [-0.2, 0) is 4.79 Å². The van der Waals surface area contributed by atoms with E-state index >= 15 is 0 Å². The van der Waals surface area contributed by atoms with E-state index in [1.807, 2.05) is 32.0 Å². The third-order valence-electron chi connectivity index (χ3n) is 3.58. The Morgan fingerprint density at radius 2 is 1.84 bits per heavy atom. The number of hydrogen-bond donors (Lipinski definition) is 2. The van der Waals surface area contributed by atoms with Gasteiger partial charge in [0.05, 0.1) is 12.7 Å². The number of amides is 2. The Labute approximate surface area is 147 Å². The molecular weight excluding hydrogens is 320 g/mol. The molecule has 0 aromatic heterocycles. The van der Waals surface area contributed by atoms with Gasteiger partial charge < -0.3 is 9.47 Å². The molecule has 2 aromatic carbocycles. The smallest absolute Gasteiger partial charge is 0.279 e. The van der Waals surface area contributed by atoms with E-state index in [0.717, 1.165) is 5.56 Å². The molecule has 6 heteroatoms. The Hall–Kier alpha value is -3.02. The zero-order valence-electron chi connectivity index (χ0n) is 14.5. The fraction of sp³-hybridized carbons (Fsp3) is 0.263. The van der Waals surface area contributed by atoms with Gasteiger partial charge in [0.25, 0.3) is 11.8 Å². The number of nitrogens with one attached hydrogen (secondary N) is 2. The first-order chi connectivity index (χ1) is 12.0. The minimum Gasteiger partial charge on any atom is -0.496 e. The van der Waals surface area contributed by atoms with Gasteiger partial charge in [0.2, 0.25) is 0 Å². The number of rotatable bonds is 6. The van der Waals surface area contributed by atoms with Crippen LogP contribution in [0.3, 0.4) is 0 Å². The summed E-state index contributed by atoms with van der Waals surface area (Å²) in [6, 6.07) is 14.2. The third-order valence-corrected chi connectivity index (χ3v) is 3.58. The lowest BCUT2D eigenvalue weighted by Gasteiger charge is -2.18. The normalized spacial score (nSPS) is 11.3. The zero-order chi connectivity index (χ0) is 18.2. The van der Waals surface area contributed by atoms with Crippen molar-refractivity contribution in [1.82, 2.24) is 10.9 Å². The first-order valence-corrected chi connectivity index (χ1v) is 8.01. The average molecular weight is 342 g/mol. The van der Waals surface area contributed by atoms with Crippen LogP contribution in [0.2, 0.25) is 0 Å². The molecule has 0 aliphatic rings. The number of carbonyl (C=O) groups is 2. The molecule has 0 radical (unpaired) electrons. The van der Waals surface area contributed by atoms with Crippen LogP contribution in [0.15, 0.2) is 48.5 Å². The summed E-state index contributed by atoms with van der Waals surface area (Å²) in [4.78, 5) is 24.5. The lowest BCUT2D eigenvalue weighted by molar-refractivity contribution is -0.128. The second-order valence-corrected chi connectivity index (χ2v) is 5.47. The third kappa shape index (κ3) is 4.97. The van der Waals surface area contributed by atoms with Crippen LogP contribution in [0.4, 0.5) is 0 Å². The first kappa shape index (κ1) is 18.3. The predicted octanol–water partition coefficient (Wildman–Crippen LogP) is 2.62. The molecular formula is C19H22N2O4. The lowest BCUT2D eigenvalue weighted by atomic mass is 10.2. The van der Waals surface area contributed by atoms with E-state index < -0.39 is 17.9 Å². The Kier molecular flexibility index (Phi) is 6.39. The van der Waals surface area contributed by atoms with E-state index in [1.54, 1.807) is 30.3 Å². The first-order valence-electron chi connectivity index (χ1n) is 8.01. The fourth-order valence-electron chi connectivity index (χ4n) is 2.27. The molecule has 2 aromatic rings. The van der Waals surface area contributed by atoms with Crippen LogP contribution in [0, 0.1) is 6.92 Å². The summed E-state index contributed by atoms with van der Waals surface area (Å²) in [7, 11) is 1.48. The topological polar surface area (TPSA) is 76.7 Å². The number of methoxy groups -OCH3 is 1. The van der Waals surface area contributed by atoms with Gasteiger partial charge in [-0.2, -0.15) is 0 Å². The quantitative estimate of drug-likeness (QED) is 0.791. The summed E-state index contributed by atoms with van der Waals surface area (Å²) in [5.74, 6) is 0.152. The fourth-order valence-corrected chi connectivity index (χ4v) is 2.27. The van der Waals surface area contributed by atoms with Gasteiger partial charge in [-0.05, 0) is 43.2 Å². The monoisotopic (exact) mass is 342 g/mol. The van der Waals surface area contributed by atoms with Gasteiger partial charge in [-0.25, -0.2) is 0 Å². The highest BCUT2D eigenvalue weighted by Crippen LogP contribution is 2.17. The molecule has 0 aliphatic heterocycles. The summed E-state index contributed by atoms with van der Waals surface area (Å²) in [5.41, 5.74) is 6.16. The van der Waals surface area contributed by atoms with E-state index in [2.05, 4.69) is 10.9 Å². The number of aryl methyl sites for hydroxylation is 1. The largest absolute Gasteiger partial charge is 0.496 e. The number of para-hydroxylation sites is 1. The average Bonchev–Trinajstić information content (AvgIpc) is 2.63. The van der Waals surface area contributed by atoms with E-state index in [1.165, 1.54) is 7.11 Å². The molecule has 2 N–H and O–H groups in total. The van der Waals surface area contributed by atoms with Crippen molar-refractivity contribution >= 4 is 11.8 Å². The van der Waals surface area contributed by atoms with Gasteiger partial charge in [0, 0.05) is 0 Å². The highest BCUT2D eigenvalue weighted by atomic mass is 16.5. The van der Waals surface area contributed by atoms with Crippen molar-refractivity contribution < 1.29 is 19.1 Å². The van der Waals surface area contributed by atoms with Crippen molar-refractivity contribution in [3.8, 4) is 11.5 Å². The molecule has 6 nitrogen and oxygen atoms in total. The molecule has 25 heavy (non-hydrogen) atoms. The van der Waals surface area contributed by atoms with Crippen molar-refractivity contribution in [1.29, 1.82) is 0 Å². The second-order valence-electron chi connectivity index (χ2n) is 5.47. The molecule has 0 aliphatic carbocycles. The molecule has 0 saturated heterocycles. The minimum absolute atomic E-state index is 0.331. The molecule has 0 bridgehead atoms. The standard InChI is InChI=1S/C19H22N2O4/c1-4-16(25-14-9-7-8-13(2)12-14)19(23)21-20-18(22)15-10-5-6-11-17(15)24-3/h5-12,16H,4H2,1-3H3,(H,20,22)(H,21,23). The van der Waals surface area contributed by atoms with Gasteiger partial charge in [-0.1, -0.05) is 31.2 Å². The minimum atomic E-state index is -0.709. The molecule has 2 amide bonds. The van der Waals surface area contributed by atoms with E-state index in [0.29, 0.717) is 23.5 Å². The molecule has 0 fully saturated rings. The van der Waals surface area contributed by atoms with Gasteiger partial charge in [-0.15, -0.1) is 0 Å². The Bertz CT molecular complexity index is 746. The van der Waals surface area contributed by atoms with Crippen LogP contribution in [0.25, 0.3) is 0 Å². The number of benzene rings is 2. The van der Waals surface area contributed by atoms with Crippen molar-refractivity contribution in [3.05, 3.63) is 59.7 Å². The van der Waals surface area contributed by atoms with E-state index in [4.69, 9.17) is 9.47 Å². The second kappa shape index (κ2) is 8.73. The summed E-state index contributed by atoms with van der Waals surface area (Å²) >= 11 is 0. The van der Waals surface area contributed by atoms with Crippen LogP contribution in [-0.4, -0.2) is 25.0 Å². The molecule has 0 saturated carbocycles.